The summed E-state index contributed by atoms with van der Waals surface area (Å²) in [6.07, 6.45) is 0.753. The van der Waals surface area contributed by atoms with Gasteiger partial charge in [0.25, 0.3) is 11.8 Å². The molecule has 0 aromatic heterocycles. The Hall–Kier alpha value is -4.26. The normalized spacial score (nSPS) is 13.7. The van der Waals surface area contributed by atoms with E-state index < -0.39 is 11.6 Å². The molecule has 1 aliphatic rings. The summed E-state index contributed by atoms with van der Waals surface area (Å²) in [6.45, 7) is 6.14. The van der Waals surface area contributed by atoms with Crippen molar-refractivity contribution in [2.75, 3.05) is 6.54 Å². The van der Waals surface area contributed by atoms with Crippen LogP contribution < -0.4 is 5.32 Å². The van der Waals surface area contributed by atoms with Crippen molar-refractivity contribution in [3.05, 3.63) is 107 Å². The third-order valence-electron chi connectivity index (χ3n) is 6.62. The van der Waals surface area contributed by atoms with E-state index in [4.69, 9.17) is 0 Å². The highest BCUT2D eigenvalue weighted by atomic mass is 16.2. The van der Waals surface area contributed by atoms with Crippen LogP contribution in [0, 0.1) is 0 Å². The van der Waals surface area contributed by atoms with Crippen LogP contribution >= 0.6 is 0 Å². The average Bonchev–Trinajstić information content (AvgIpc) is 3.15. The van der Waals surface area contributed by atoms with Crippen LogP contribution in [0.3, 0.4) is 0 Å². The molecule has 3 aromatic rings. The lowest BCUT2D eigenvalue weighted by atomic mass is 10.00. The van der Waals surface area contributed by atoms with Crippen molar-refractivity contribution in [1.29, 1.82) is 0 Å². The first kappa shape index (κ1) is 27.8. The first-order valence-corrected chi connectivity index (χ1v) is 13.3. The molecule has 1 aliphatic heterocycles. The highest BCUT2D eigenvalue weighted by Crippen LogP contribution is 2.23. The molecule has 0 saturated carbocycles. The second kappa shape index (κ2) is 12.1. The van der Waals surface area contributed by atoms with Gasteiger partial charge in [-0.2, -0.15) is 0 Å². The van der Waals surface area contributed by atoms with Crippen molar-refractivity contribution < 1.29 is 19.2 Å². The second-order valence-corrected chi connectivity index (χ2v) is 10.9. The third kappa shape index (κ3) is 6.99. The van der Waals surface area contributed by atoms with Crippen LogP contribution in [0.2, 0.25) is 0 Å². The van der Waals surface area contributed by atoms with Crippen LogP contribution in [0.1, 0.15) is 65.5 Å². The number of carbonyl (C=O) groups excluding carboxylic acids is 4. The molecular formula is C32H35N3O4. The van der Waals surface area contributed by atoms with Gasteiger partial charge in [-0.3, -0.25) is 24.1 Å². The molecule has 0 saturated heterocycles. The number of benzene rings is 3. The minimum absolute atomic E-state index is 0.0916. The molecule has 7 heteroatoms. The number of nitrogens with one attached hydrogen (secondary N) is 1. The number of nitrogens with zero attached hydrogens (tertiary/aromatic N) is 2. The largest absolute Gasteiger partial charge is 0.350 e. The van der Waals surface area contributed by atoms with Crippen molar-refractivity contribution in [3.63, 3.8) is 0 Å². The smallest absolute Gasteiger partial charge is 0.261 e. The lowest BCUT2D eigenvalue weighted by Gasteiger charge is -2.34. The molecule has 202 valence electrons. The SMILES string of the molecule is CC(C)(C)NC(=O)[C@H](Cc1ccccc1)N(Cc1ccccc1)C(=O)CCCN1C(=O)c2ccccc2C1=O. The molecule has 1 heterocycles. The van der Waals surface area contributed by atoms with Gasteiger partial charge in [0, 0.05) is 31.5 Å². The Morgan fingerprint density at radius 1 is 0.795 bits per heavy atom. The van der Waals surface area contributed by atoms with Crippen LogP contribution in [0.25, 0.3) is 0 Å². The maximum Gasteiger partial charge on any atom is 0.261 e. The van der Waals surface area contributed by atoms with E-state index in [1.165, 1.54) is 4.90 Å². The Labute approximate surface area is 229 Å². The summed E-state index contributed by atoms with van der Waals surface area (Å²) in [5.41, 5.74) is 2.16. The van der Waals surface area contributed by atoms with E-state index in [9.17, 15) is 19.2 Å². The molecule has 0 bridgehead atoms. The van der Waals surface area contributed by atoms with E-state index in [0.717, 1.165) is 11.1 Å². The number of rotatable bonds is 10. The van der Waals surface area contributed by atoms with Gasteiger partial charge in [0.05, 0.1) is 11.1 Å². The molecule has 1 N–H and O–H groups in total. The van der Waals surface area contributed by atoms with Crippen molar-refractivity contribution in [3.8, 4) is 0 Å². The zero-order valence-corrected chi connectivity index (χ0v) is 22.7. The molecule has 7 nitrogen and oxygen atoms in total. The van der Waals surface area contributed by atoms with Crippen molar-refractivity contribution in [2.24, 2.45) is 0 Å². The van der Waals surface area contributed by atoms with Gasteiger partial charge in [0.2, 0.25) is 11.8 Å². The first-order valence-electron chi connectivity index (χ1n) is 13.3. The van der Waals surface area contributed by atoms with Gasteiger partial charge in [-0.25, -0.2) is 0 Å². The minimum Gasteiger partial charge on any atom is -0.350 e. The highest BCUT2D eigenvalue weighted by molar-refractivity contribution is 6.21. The fraction of sp³-hybridized carbons (Fsp3) is 0.312. The fourth-order valence-electron chi connectivity index (χ4n) is 4.76. The van der Waals surface area contributed by atoms with Crippen LogP contribution in [0.5, 0.6) is 0 Å². The predicted molar refractivity (Wildman–Crippen MR) is 150 cm³/mol. The Bertz CT molecular complexity index is 1300. The average molecular weight is 526 g/mol. The number of carbonyl (C=O) groups is 4. The molecule has 3 aromatic carbocycles. The van der Waals surface area contributed by atoms with Crippen LogP contribution in [-0.2, 0) is 22.6 Å². The Kier molecular flexibility index (Phi) is 8.59. The van der Waals surface area contributed by atoms with E-state index in [1.54, 1.807) is 29.2 Å². The lowest BCUT2D eigenvalue weighted by molar-refractivity contribution is -0.142. The molecular weight excluding hydrogens is 490 g/mol. The number of fused-ring (bicyclic) bond motifs is 1. The molecule has 0 unspecified atom stereocenters. The van der Waals surface area contributed by atoms with Gasteiger partial charge in [-0.15, -0.1) is 0 Å². The Morgan fingerprint density at radius 3 is 1.85 bits per heavy atom. The standard InChI is InChI=1S/C32H35N3O4/c1-32(2,3)33-29(37)27(21-23-13-6-4-7-14-23)35(22-24-15-8-5-9-16-24)28(36)19-12-20-34-30(38)25-17-10-11-18-26(25)31(34)39/h4-11,13-18,27H,12,19-22H2,1-3H3,(H,33,37)/t27-/m0/s1. The van der Waals surface area contributed by atoms with Crippen LogP contribution in [-0.4, -0.2) is 51.6 Å². The molecule has 0 radical (unpaired) electrons. The maximum absolute atomic E-state index is 13.8. The molecule has 39 heavy (non-hydrogen) atoms. The summed E-state index contributed by atoms with van der Waals surface area (Å²) >= 11 is 0. The lowest BCUT2D eigenvalue weighted by Crippen LogP contribution is -2.54. The van der Waals surface area contributed by atoms with Gasteiger partial charge in [0.15, 0.2) is 0 Å². The summed E-state index contributed by atoms with van der Waals surface area (Å²) < 4.78 is 0. The number of amides is 4. The molecule has 4 rings (SSSR count). The second-order valence-electron chi connectivity index (χ2n) is 10.9. The maximum atomic E-state index is 13.8. The van der Waals surface area contributed by atoms with Gasteiger partial charge >= 0.3 is 0 Å². The number of imide groups is 1. The quantitative estimate of drug-likeness (QED) is 0.392. The topological polar surface area (TPSA) is 86.8 Å². The van der Waals surface area contributed by atoms with E-state index in [0.29, 0.717) is 24.0 Å². The predicted octanol–water partition coefficient (Wildman–Crippen LogP) is 4.62. The molecule has 4 amide bonds. The zero-order chi connectivity index (χ0) is 28.0. The van der Waals surface area contributed by atoms with Crippen LogP contribution in [0.15, 0.2) is 84.9 Å². The van der Waals surface area contributed by atoms with Gasteiger partial charge in [-0.05, 0) is 50.5 Å². The number of hydrogen-bond acceptors (Lipinski definition) is 4. The van der Waals surface area contributed by atoms with Crippen LogP contribution in [0.4, 0.5) is 0 Å². The summed E-state index contributed by atoms with van der Waals surface area (Å²) in [7, 11) is 0. The van der Waals surface area contributed by atoms with E-state index in [2.05, 4.69) is 5.32 Å². The molecule has 0 fully saturated rings. The van der Waals surface area contributed by atoms with Crippen molar-refractivity contribution >= 4 is 23.6 Å². The highest BCUT2D eigenvalue weighted by Gasteiger charge is 2.36. The third-order valence-corrected chi connectivity index (χ3v) is 6.62. The number of hydrogen-bond donors (Lipinski definition) is 1. The van der Waals surface area contributed by atoms with Gasteiger partial charge in [-0.1, -0.05) is 72.8 Å². The van der Waals surface area contributed by atoms with Gasteiger partial charge < -0.3 is 10.2 Å². The van der Waals surface area contributed by atoms with Crippen molar-refractivity contribution in [1.82, 2.24) is 15.1 Å². The Morgan fingerprint density at radius 2 is 1.31 bits per heavy atom. The van der Waals surface area contributed by atoms with E-state index >= 15 is 0 Å². The first-order chi connectivity index (χ1) is 18.6. The molecule has 1 atom stereocenters. The summed E-state index contributed by atoms with van der Waals surface area (Å²) in [5.74, 6) is -1.11. The monoisotopic (exact) mass is 525 g/mol. The fourth-order valence-corrected chi connectivity index (χ4v) is 4.76. The Balaban J connectivity index is 1.54. The zero-order valence-electron chi connectivity index (χ0n) is 22.7. The minimum atomic E-state index is -0.737. The summed E-state index contributed by atoms with van der Waals surface area (Å²) in [4.78, 5) is 55.7. The van der Waals surface area contributed by atoms with Crippen molar-refractivity contribution in [2.45, 2.75) is 58.2 Å². The molecule has 0 aliphatic carbocycles. The van der Waals surface area contributed by atoms with E-state index in [-0.39, 0.29) is 43.1 Å². The summed E-state index contributed by atoms with van der Waals surface area (Å²) in [5, 5.41) is 3.05. The summed E-state index contributed by atoms with van der Waals surface area (Å²) in [6, 6.07) is 25.2. The van der Waals surface area contributed by atoms with E-state index in [1.807, 2.05) is 81.4 Å². The molecule has 0 spiro atoms. The van der Waals surface area contributed by atoms with Gasteiger partial charge in [0.1, 0.15) is 6.04 Å².